The molecule has 1 saturated carbocycles. The SMILES string of the molecule is Cc1ccc(C(=O)NC2CC2)cc1-n1ccnc(NC(C)(C)c2ccccc2OCCCN2CCN(C)CC2)c1=O. The molecule has 2 aromatic carbocycles. The van der Waals surface area contributed by atoms with E-state index in [1.165, 1.54) is 0 Å². The number of benzene rings is 2. The van der Waals surface area contributed by atoms with Gasteiger partial charge in [0.05, 0.1) is 17.8 Å². The number of carbonyl (C=O) groups excluding carboxylic acids is 1. The van der Waals surface area contributed by atoms with Crippen LogP contribution in [0.3, 0.4) is 0 Å². The molecule has 9 heteroatoms. The highest BCUT2D eigenvalue weighted by Gasteiger charge is 2.27. The third-order valence-corrected chi connectivity index (χ3v) is 7.95. The highest BCUT2D eigenvalue weighted by Crippen LogP contribution is 2.32. The minimum atomic E-state index is -0.638. The molecule has 2 heterocycles. The molecule has 1 aliphatic heterocycles. The molecule has 1 aliphatic carbocycles. The van der Waals surface area contributed by atoms with Crippen molar-refractivity contribution in [3.8, 4) is 11.4 Å². The van der Waals surface area contributed by atoms with E-state index in [1.807, 2.05) is 51.1 Å². The number of aromatic nitrogens is 2. The zero-order chi connectivity index (χ0) is 29.0. The quantitative estimate of drug-likeness (QED) is 0.346. The molecule has 0 atom stereocenters. The predicted molar refractivity (Wildman–Crippen MR) is 162 cm³/mol. The van der Waals surface area contributed by atoms with Gasteiger partial charge in [0, 0.05) is 62.3 Å². The average Bonchev–Trinajstić information content (AvgIpc) is 3.78. The molecule has 3 aromatic rings. The van der Waals surface area contributed by atoms with Crippen molar-refractivity contribution in [1.29, 1.82) is 0 Å². The van der Waals surface area contributed by atoms with Gasteiger partial charge in [0.25, 0.3) is 11.5 Å². The Morgan fingerprint density at radius 3 is 2.61 bits per heavy atom. The van der Waals surface area contributed by atoms with Gasteiger partial charge in [-0.3, -0.25) is 14.2 Å². The van der Waals surface area contributed by atoms with E-state index in [0.29, 0.717) is 17.9 Å². The summed E-state index contributed by atoms with van der Waals surface area (Å²) in [6, 6.07) is 13.7. The van der Waals surface area contributed by atoms with Crippen LogP contribution < -0.4 is 20.9 Å². The van der Waals surface area contributed by atoms with E-state index in [2.05, 4.69) is 32.5 Å². The molecule has 2 N–H and O–H groups in total. The molecule has 218 valence electrons. The molecule has 1 aromatic heterocycles. The Morgan fingerprint density at radius 2 is 1.85 bits per heavy atom. The highest BCUT2D eigenvalue weighted by atomic mass is 16.5. The van der Waals surface area contributed by atoms with E-state index in [1.54, 1.807) is 29.1 Å². The van der Waals surface area contributed by atoms with E-state index >= 15 is 0 Å². The van der Waals surface area contributed by atoms with Crippen molar-refractivity contribution in [2.24, 2.45) is 0 Å². The third kappa shape index (κ3) is 7.15. The number of nitrogens with one attached hydrogen (secondary N) is 2. The molecule has 9 nitrogen and oxygen atoms in total. The van der Waals surface area contributed by atoms with Crippen molar-refractivity contribution < 1.29 is 9.53 Å². The maximum atomic E-state index is 13.7. The van der Waals surface area contributed by atoms with Gasteiger partial charge >= 0.3 is 0 Å². The summed E-state index contributed by atoms with van der Waals surface area (Å²) < 4.78 is 7.81. The second-order valence-electron chi connectivity index (χ2n) is 11.8. The maximum Gasteiger partial charge on any atom is 0.297 e. The average molecular weight is 559 g/mol. The number of nitrogens with zero attached hydrogens (tertiary/aromatic N) is 4. The van der Waals surface area contributed by atoms with Crippen LogP contribution in [0.2, 0.25) is 0 Å². The van der Waals surface area contributed by atoms with Gasteiger partial charge in [0.1, 0.15) is 5.75 Å². The molecule has 0 unspecified atom stereocenters. The van der Waals surface area contributed by atoms with E-state index in [4.69, 9.17) is 4.74 Å². The zero-order valence-corrected chi connectivity index (χ0v) is 24.7. The number of anilines is 1. The fourth-order valence-electron chi connectivity index (χ4n) is 5.21. The van der Waals surface area contributed by atoms with Crippen LogP contribution in [0, 0.1) is 6.92 Å². The van der Waals surface area contributed by atoms with Crippen LogP contribution in [0.1, 0.15) is 54.6 Å². The number of para-hydroxylation sites is 1. The number of rotatable bonds is 11. The van der Waals surface area contributed by atoms with E-state index < -0.39 is 5.54 Å². The molecule has 1 saturated heterocycles. The fourth-order valence-corrected chi connectivity index (χ4v) is 5.21. The van der Waals surface area contributed by atoms with E-state index in [-0.39, 0.29) is 23.3 Å². The van der Waals surface area contributed by atoms with Crippen LogP contribution in [-0.2, 0) is 5.54 Å². The van der Waals surface area contributed by atoms with Gasteiger partial charge in [-0.15, -0.1) is 0 Å². The normalized spacial score (nSPS) is 16.4. The van der Waals surface area contributed by atoms with Crippen LogP contribution >= 0.6 is 0 Å². The molecule has 0 spiro atoms. The van der Waals surface area contributed by atoms with Crippen molar-refractivity contribution in [2.75, 3.05) is 51.7 Å². The number of piperazine rings is 1. The first kappa shape index (κ1) is 28.8. The lowest BCUT2D eigenvalue weighted by molar-refractivity contribution is 0.0951. The molecule has 0 radical (unpaired) electrons. The summed E-state index contributed by atoms with van der Waals surface area (Å²) in [6.07, 6.45) is 6.24. The van der Waals surface area contributed by atoms with E-state index in [0.717, 1.165) is 68.9 Å². The molecular formula is C32H42N6O3. The largest absolute Gasteiger partial charge is 0.493 e. The lowest BCUT2D eigenvalue weighted by atomic mass is 9.93. The first-order valence-corrected chi connectivity index (χ1v) is 14.6. The van der Waals surface area contributed by atoms with Crippen molar-refractivity contribution >= 4 is 11.7 Å². The number of aryl methyl sites for hydroxylation is 1. The molecule has 2 aliphatic rings. The summed E-state index contributed by atoms with van der Waals surface area (Å²) >= 11 is 0. The highest BCUT2D eigenvalue weighted by molar-refractivity contribution is 5.95. The molecule has 2 fully saturated rings. The summed E-state index contributed by atoms with van der Waals surface area (Å²) in [5.74, 6) is 0.912. The van der Waals surface area contributed by atoms with Crippen molar-refractivity contribution in [3.63, 3.8) is 0 Å². The van der Waals surface area contributed by atoms with Gasteiger partial charge in [0.2, 0.25) is 0 Å². The number of hydrogen-bond acceptors (Lipinski definition) is 7. The van der Waals surface area contributed by atoms with Crippen LogP contribution in [0.4, 0.5) is 5.82 Å². The number of amides is 1. The molecule has 41 heavy (non-hydrogen) atoms. The third-order valence-electron chi connectivity index (χ3n) is 7.95. The molecular weight excluding hydrogens is 516 g/mol. The Balaban J connectivity index is 1.30. The fraction of sp³-hybridized carbons (Fsp3) is 0.469. The topological polar surface area (TPSA) is 91.7 Å². The Hall–Kier alpha value is -3.69. The van der Waals surface area contributed by atoms with Gasteiger partial charge in [-0.2, -0.15) is 0 Å². The lowest BCUT2D eigenvalue weighted by Crippen LogP contribution is -2.44. The maximum absolute atomic E-state index is 13.7. The van der Waals surface area contributed by atoms with Gasteiger partial charge in [-0.1, -0.05) is 24.3 Å². The first-order chi connectivity index (χ1) is 19.7. The lowest BCUT2D eigenvalue weighted by Gasteiger charge is -2.32. The molecule has 1 amide bonds. The number of carbonyl (C=O) groups is 1. The van der Waals surface area contributed by atoms with Crippen LogP contribution in [-0.4, -0.2) is 77.7 Å². The molecule has 0 bridgehead atoms. The zero-order valence-electron chi connectivity index (χ0n) is 24.7. The number of likely N-dealkylation sites (N-methyl/N-ethyl adjacent to an activating group) is 1. The minimum Gasteiger partial charge on any atom is -0.493 e. The summed E-state index contributed by atoms with van der Waals surface area (Å²) in [5.41, 5.74) is 2.11. The van der Waals surface area contributed by atoms with Crippen LogP contribution in [0.25, 0.3) is 5.69 Å². The summed E-state index contributed by atoms with van der Waals surface area (Å²) in [7, 11) is 2.17. The minimum absolute atomic E-state index is 0.115. The second kappa shape index (κ2) is 12.4. The summed E-state index contributed by atoms with van der Waals surface area (Å²) in [5, 5.41) is 6.39. The molecule has 5 rings (SSSR count). The van der Waals surface area contributed by atoms with Gasteiger partial charge in [-0.25, -0.2) is 4.98 Å². The van der Waals surface area contributed by atoms with Crippen molar-refractivity contribution in [3.05, 3.63) is 81.9 Å². The Labute approximate surface area is 242 Å². The van der Waals surface area contributed by atoms with E-state index in [9.17, 15) is 9.59 Å². The number of hydrogen-bond donors (Lipinski definition) is 2. The standard InChI is InChI=1S/C32H42N6O3/c1-23-10-11-24(30(39)34-25-12-13-25)22-27(23)38-16-14-33-29(31(38)40)35-32(2,3)26-8-5-6-9-28(26)41-21-7-15-37-19-17-36(4)18-20-37/h5-6,8-11,14,16,22,25H,7,12-13,15,17-21H2,1-4H3,(H,33,35)(H,34,39). The van der Waals surface area contributed by atoms with Gasteiger partial charge in [0.15, 0.2) is 5.82 Å². The van der Waals surface area contributed by atoms with Crippen molar-refractivity contribution in [2.45, 2.75) is 51.6 Å². The Bertz CT molecular complexity index is 1420. The predicted octanol–water partition coefficient (Wildman–Crippen LogP) is 3.80. The monoisotopic (exact) mass is 558 g/mol. The van der Waals surface area contributed by atoms with Gasteiger partial charge < -0.3 is 25.2 Å². The number of ether oxygens (including phenoxy) is 1. The van der Waals surface area contributed by atoms with Crippen molar-refractivity contribution in [1.82, 2.24) is 24.7 Å². The second-order valence-corrected chi connectivity index (χ2v) is 11.8. The summed E-state index contributed by atoms with van der Waals surface area (Å²) in [6.45, 7) is 12.0. The Morgan fingerprint density at radius 1 is 1.10 bits per heavy atom. The van der Waals surface area contributed by atoms with Crippen LogP contribution in [0.15, 0.2) is 59.7 Å². The summed E-state index contributed by atoms with van der Waals surface area (Å²) in [4.78, 5) is 35.6. The van der Waals surface area contributed by atoms with Gasteiger partial charge in [-0.05, 0) is 70.8 Å². The Kier molecular flexibility index (Phi) is 8.75. The van der Waals surface area contributed by atoms with Crippen LogP contribution in [0.5, 0.6) is 5.75 Å². The smallest absolute Gasteiger partial charge is 0.297 e. The first-order valence-electron chi connectivity index (χ1n) is 14.6.